The predicted molar refractivity (Wildman–Crippen MR) is 122 cm³/mol. The fraction of sp³-hybridized carbons (Fsp3) is 0.227. The molecule has 2 aromatic heterocycles. The molecule has 1 aromatic carbocycles. The van der Waals surface area contributed by atoms with Gasteiger partial charge < -0.3 is 20.1 Å². The number of rotatable bonds is 9. The fourth-order valence-electron chi connectivity index (χ4n) is 2.87. The summed E-state index contributed by atoms with van der Waals surface area (Å²) in [5.41, 5.74) is 1.66. The zero-order valence-corrected chi connectivity index (χ0v) is 18.7. The van der Waals surface area contributed by atoms with Gasteiger partial charge in [-0.05, 0) is 23.9 Å². The molecule has 0 aliphatic heterocycles. The number of hydrogen-bond acceptors (Lipinski definition) is 7. The van der Waals surface area contributed by atoms with Gasteiger partial charge in [0.05, 0.1) is 11.5 Å². The van der Waals surface area contributed by atoms with E-state index in [-0.39, 0.29) is 17.5 Å². The van der Waals surface area contributed by atoms with Crippen molar-refractivity contribution in [1.29, 1.82) is 0 Å². The average molecular weight is 459 g/mol. The molecule has 2 N–H and O–H groups in total. The smallest absolute Gasteiger partial charge is 0.342 e. The summed E-state index contributed by atoms with van der Waals surface area (Å²) >= 11 is 2.54. The van der Waals surface area contributed by atoms with Crippen LogP contribution < -0.4 is 10.6 Å². The number of methoxy groups -OCH3 is 1. The fourth-order valence-corrected chi connectivity index (χ4v) is 4.44. The number of ether oxygens (including phenoxy) is 2. The molecule has 3 rings (SSSR count). The summed E-state index contributed by atoms with van der Waals surface area (Å²) in [6.07, 6.45) is 0. The molecule has 162 valence electrons. The molecule has 0 aliphatic rings. The van der Waals surface area contributed by atoms with Crippen LogP contribution in [0.1, 0.15) is 27.0 Å². The van der Waals surface area contributed by atoms with Gasteiger partial charge in [-0.1, -0.05) is 36.4 Å². The SMILES string of the molecule is COCC(C)NC(=O)COC(=O)c1c(-c2ccccc2)csc1NC(=O)c1cccs1. The highest BCUT2D eigenvalue weighted by molar-refractivity contribution is 7.15. The lowest BCUT2D eigenvalue weighted by atomic mass is 10.0. The molecule has 2 heterocycles. The molecule has 0 saturated carbocycles. The van der Waals surface area contributed by atoms with Crippen molar-refractivity contribution < 1.29 is 23.9 Å². The van der Waals surface area contributed by atoms with E-state index in [4.69, 9.17) is 9.47 Å². The van der Waals surface area contributed by atoms with Crippen LogP contribution in [0.3, 0.4) is 0 Å². The summed E-state index contributed by atoms with van der Waals surface area (Å²) in [5.74, 6) is -1.42. The van der Waals surface area contributed by atoms with Crippen molar-refractivity contribution in [2.75, 3.05) is 25.6 Å². The third-order valence-electron chi connectivity index (χ3n) is 4.21. The molecule has 1 atom stereocenters. The zero-order valence-electron chi connectivity index (χ0n) is 17.0. The number of thiophene rings is 2. The van der Waals surface area contributed by atoms with Gasteiger partial charge in [0.1, 0.15) is 10.6 Å². The molecule has 2 amide bonds. The van der Waals surface area contributed by atoms with Crippen molar-refractivity contribution in [3.8, 4) is 11.1 Å². The second kappa shape index (κ2) is 10.9. The topological polar surface area (TPSA) is 93.7 Å². The maximum Gasteiger partial charge on any atom is 0.342 e. The summed E-state index contributed by atoms with van der Waals surface area (Å²) in [7, 11) is 1.54. The van der Waals surface area contributed by atoms with Crippen LogP contribution in [-0.4, -0.2) is 44.1 Å². The van der Waals surface area contributed by atoms with Crippen LogP contribution in [0.2, 0.25) is 0 Å². The molecule has 31 heavy (non-hydrogen) atoms. The van der Waals surface area contributed by atoms with E-state index < -0.39 is 18.5 Å². The summed E-state index contributed by atoms with van der Waals surface area (Å²) in [5, 5.41) is 9.44. The largest absolute Gasteiger partial charge is 0.452 e. The van der Waals surface area contributed by atoms with Gasteiger partial charge in [-0.3, -0.25) is 9.59 Å². The van der Waals surface area contributed by atoms with Crippen LogP contribution in [0, 0.1) is 0 Å². The van der Waals surface area contributed by atoms with Crippen molar-refractivity contribution in [1.82, 2.24) is 5.32 Å². The molecule has 7 nitrogen and oxygen atoms in total. The zero-order chi connectivity index (χ0) is 22.2. The van der Waals surface area contributed by atoms with E-state index >= 15 is 0 Å². The van der Waals surface area contributed by atoms with E-state index in [2.05, 4.69) is 10.6 Å². The molecule has 1 unspecified atom stereocenters. The number of carbonyl (C=O) groups is 3. The highest BCUT2D eigenvalue weighted by Crippen LogP contribution is 2.36. The quantitative estimate of drug-likeness (QED) is 0.472. The number of hydrogen-bond donors (Lipinski definition) is 2. The van der Waals surface area contributed by atoms with Gasteiger partial charge in [-0.2, -0.15) is 0 Å². The molecule has 0 bridgehead atoms. The summed E-state index contributed by atoms with van der Waals surface area (Å²) in [6, 6.07) is 12.6. The molecule has 0 spiro atoms. The first-order valence-electron chi connectivity index (χ1n) is 9.46. The maximum absolute atomic E-state index is 12.9. The van der Waals surface area contributed by atoms with Gasteiger partial charge in [0, 0.05) is 24.1 Å². The number of nitrogens with one attached hydrogen (secondary N) is 2. The lowest BCUT2D eigenvalue weighted by Crippen LogP contribution is -2.38. The number of amides is 2. The van der Waals surface area contributed by atoms with E-state index in [0.29, 0.717) is 22.0 Å². The van der Waals surface area contributed by atoms with Crippen molar-refractivity contribution >= 4 is 45.5 Å². The first-order chi connectivity index (χ1) is 15.0. The summed E-state index contributed by atoms with van der Waals surface area (Å²) in [6.45, 7) is 1.70. The van der Waals surface area contributed by atoms with Crippen LogP contribution in [0.25, 0.3) is 11.1 Å². The first-order valence-corrected chi connectivity index (χ1v) is 11.2. The second-order valence-electron chi connectivity index (χ2n) is 6.65. The van der Waals surface area contributed by atoms with E-state index in [1.54, 1.807) is 29.8 Å². The van der Waals surface area contributed by atoms with Crippen LogP contribution in [-0.2, 0) is 14.3 Å². The highest BCUT2D eigenvalue weighted by Gasteiger charge is 2.24. The molecule has 0 aliphatic carbocycles. The Morgan fingerprint density at radius 3 is 2.52 bits per heavy atom. The van der Waals surface area contributed by atoms with Gasteiger partial charge in [0.15, 0.2) is 6.61 Å². The van der Waals surface area contributed by atoms with E-state index in [1.165, 1.54) is 29.8 Å². The van der Waals surface area contributed by atoms with Gasteiger partial charge in [-0.25, -0.2) is 4.79 Å². The molecule has 3 aromatic rings. The Morgan fingerprint density at radius 2 is 1.84 bits per heavy atom. The normalized spacial score (nSPS) is 11.5. The van der Waals surface area contributed by atoms with E-state index in [1.807, 2.05) is 30.3 Å². The first kappa shape index (κ1) is 22.7. The molecule has 0 radical (unpaired) electrons. The standard InChI is InChI=1S/C22H22N2O5S2/c1-14(11-28-2)23-18(25)12-29-22(27)19-16(15-7-4-3-5-8-15)13-31-21(19)24-20(26)17-9-6-10-30-17/h3-10,13-14H,11-12H2,1-2H3,(H,23,25)(H,24,26). The van der Waals surface area contributed by atoms with Crippen molar-refractivity contribution in [2.45, 2.75) is 13.0 Å². The minimum Gasteiger partial charge on any atom is -0.452 e. The monoisotopic (exact) mass is 458 g/mol. The summed E-state index contributed by atoms with van der Waals surface area (Å²) < 4.78 is 10.2. The predicted octanol–water partition coefficient (Wildman–Crippen LogP) is 4.04. The van der Waals surface area contributed by atoms with Gasteiger partial charge >= 0.3 is 5.97 Å². The Kier molecular flexibility index (Phi) is 7.94. The second-order valence-corrected chi connectivity index (χ2v) is 8.48. The Morgan fingerprint density at radius 1 is 1.06 bits per heavy atom. The maximum atomic E-state index is 12.9. The van der Waals surface area contributed by atoms with Crippen LogP contribution in [0.15, 0.2) is 53.2 Å². The highest BCUT2D eigenvalue weighted by atomic mass is 32.1. The molecule has 0 fully saturated rings. The molecular weight excluding hydrogens is 436 g/mol. The van der Waals surface area contributed by atoms with Crippen molar-refractivity contribution in [3.63, 3.8) is 0 Å². The van der Waals surface area contributed by atoms with Crippen molar-refractivity contribution in [2.24, 2.45) is 0 Å². The van der Waals surface area contributed by atoms with E-state index in [0.717, 1.165) is 5.56 Å². The minimum atomic E-state index is -0.684. The number of anilines is 1. The Bertz CT molecular complexity index is 1030. The van der Waals surface area contributed by atoms with Crippen LogP contribution >= 0.6 is 22.7 Å². The molecule has 0 saturated heterocycles. The van der Waals surface area contributed by atoms with Gasteiger partial charge in [-0.15, -0.1) is 22.7 Å². The Hall–Kier alpha value is -3.01. The third-order valence-corrected chi connectivity index (χ3v) is 5.97. The number of esters is 1. The summed E-state index contributed by atoms with van der Waals surface area (Å²) in [4.78, 5) is 38.1. The lowest BCUT2D eigenvalue weighted by molar-refractivity contribution is -0.125. The van der Waals surface area contributed by atoms with Crippen molar-refractivity contribution in [3.05, 3.63) is 63.7 Å². The average Bonchev–Trinajstić information content (AvgIpc) is 3.43. The van der Waals surface area contributed by atoms with Gasteiger partial charge in [0.2, 0.25) is 0 Å². The molecular formula is C22H22N2O5S2. The lowest BCUT2D eigenvalue weighted by Gasteiger charge is -2.13. The Labute approximate surface area is 188 Å². The third kappa shape index (κ3) is 6.00. The van der Waals surface area contributed by atoms with Gasteiger partial charge in [0.25, 0.3) is 11.8 Å². The van der Waals surface area contributed by atoms with Crippen LogP contribution in [0.4, 0.5) is 5.00 Å². The van der Waals surface area contributed by atoms with Crippen LogP contribution in [0.5, 0.6) is 0 Å². The molecule has 9 heteroatoms. The Balaban J connectivity index is 1.80. The number of benzene rings is 1. The number of carbonyl (C=O) groups excluding carboxylic acids is 3. The van der Waals surface area contributed by atoms with E-state index in [9.17, 15) is 14.4 Å². The minimum absolute atomic E-state index is 0.210.